The Morgan fingerprint density at radius 2 is 2.27 bits per heavy atom. The van der Waals surface area contributed by atoms with Crippen LogP contribution in [0.2, 0.25) is 5.02 Å². The van der Waals surface area contributed by atoms with Crippen molar-refractivity contribution in [3.05, 3.63) is 28.8 Å². The van der Waals surface area contributed by atoms with Crippen LogP contribution in [0.3, 0.4) is 0 Å². The van der Waals surface area contributed by atoms with Gasteiger partial charge in [0.1, 0.15) is 0 Å². The normalized spacial score (nSPS) is 10.1. The Labute approximate surface area is 98.9 Å². The van der Waals surface area contributed by atoms with E-state index in [9.17, 15) is 4.79 Å². The fourth-order valence-electron chi connectivity index (χ4n) is 1.06. The minimum Gasteiger partial charge on any atom is -0.396 e. The Morgan fingerprint density at radius 3 is 2.93 bits per heavy atom. The van der Waals surface area contributed by atoms with Gasteiger partial charge in [-0.1, -0.05) is 11.6 Å². The number of amides is 1. The van der Waals surface area contributed by atoms with Crippen molar-refractivity contribution in [3.63, 3.8) is 0 Å². The molecule has 5 heteroatoms. The number of rotatable bonds is 4. The zero-order valence-electron chi connectivity index (χ0n) is 8.03. The maximum absolute atomic E-state index is 11.6. The topological polar surface area (TPSA) is 49.3 Å². The van der Waals surface area contributed by atoms with Gasteiger partial charge in [0.05, 0.1) is 10.6 Å². The first-order valence-electron chi connectivity index (χ1n) is 4.52. The van der Waals surface area contributed by atoms with E-state index in [4.69, 9.17) is 16.7 Å². The summed E-state index contributed by atoms with van der Waals surface area (Å²) in [5.41, 5.74) is 0.405. The number of hydrogen-bond acceptors (Lipinski definition) is 3. The number of aliphatic hydroxyl groups is 1. The quantitative estimate of drug-likeness (QED) is 0.559. The van der Waals surface area contributed by atoms with Crippen molar-refractivity contribution in [3.8, 4) is 0 Å². The number of hydrogen-bond donors (Lipinski definition) is 3. The summed E-state index contributed by atoms with van der Waals surface area (Å²) < 4.78 is 0. The molecule has 0 radical (unpaired) electrons. The molecule has 0 bridgehead atoms. The van der Waals surface area contributed by atoms with Gasteiger partial charge in [0.15, 0.2) is 0 Å². The molecule has 1 aromatic carbocycles. The molecule has 0 spiro atoms. The molecule has 0 saturated heterocycles. The molecule has 0 saturated carbocycles. The molecular weight excluding hydrogens is 234 g/mol. The lowest BCUT2D eigenvalue weighted by atomic mass is 10.2. The number of nitrogens with one attached hydrogen (secondary N) is 1. The highest BCUT2D eigenvalue weighted by Crippen LogP contribution is 2.19. The SMILES string of the molecule is O=C(NCCCO)c1cc(S)ccc1Cl. The van der Waals surface area contributed by atoms with Gasteiger partial charge in [-0.25, -0.2) is 0 Å². The highest BCUT2D eigenvalue weighted by molar-refractivity contribution is 7.80. The lowest BCUT2D eigenvalue weighted by molar-refractivity contribution is 0.0951. The Kier molecular flexibility index (Phi) is 4.94. The molecule has 0 aliphatic rings. The van der Waals surface area contributed by atoms with Gasteiger partial charge in [-0.05, 0) is 24.6 Å². The largest absolute Gasteiger partial charge is 0.396 e. The molecule has 1 rings (SSSR count). The average molecular weight is 246 g/mol. The molecule has 0 aromatic heterocycles. The van der Waals surface area contributed by atoms with Gasteiger partial charge in [-0.3, -0.25) is 4.79 Å². The second-order valence-corrected chi connectivity index (χ2v) is 3.92. The van der Waals surface area contributed by atoms with Crippen LogP contribution in [-0.2, 0) is 0 Å². The van der Waals surface area contributed by atoms with Crippen molar-refractivity contribution in [2.75, 3.05) is 13.2 Å². The molecule has 82 valence electrons. The van der Waals surface area contributed by atoms with Crippen LogP contribution >= 0.6 is 24.2 Å². The number of carbonyl (C=O) groups is 1. The predicted octanol–water partition coefficient (Wildman–Crippen LogP) is 1.74. The Bertz CT molecular complexity index is 357. The summed E-state index contributed by atoms with van der Waals surface area (Å²) in [6, 6.07) is 4.96. The van der Waals surface area contributed by atoms with Gasteiger partial charge in [-0.2, -0.15) is 0 Å². The monoisotopic (exact) mass is 245 g/mol. The zero-order valence-corrected chi connectivity index (χ0v) is 9.68. The van der Waals surface area contributed by atoms with E-state index in [2.05, 4.69) is 17.9 Å². The fraction of sp³-hybridized carbons (Fsp3) is 0.300. The van der Waals surface area contributed by atoms with Crippen LogP contribution in [0.5, 0.6) is 0 Å². The Morgan fingerprint density at radius 1 is 1.53 bits per heavy atom. The van der Waals surface area contributed by atoms with E-state index >= 15 is 0 Å². The zero-order chi connectivity index (χ0) is 11.3. The first kappa shape index (κ1) is 12.4. The molecule has 0 heterocycles. The summed E-state index contributed by atoms with van der Waals surface area (Å²) in [4.78, 5) is 12.3. The number of carbonyl (C=O) groups excluding carboxylic acids is 1. The van der Waals surface area contributed by atoms with Crippen molar-refractivity contribution in [1.29, 1.82) is 0 Å². The van der Waals surface area contributed by atoms with Crippen molar-refractivity contribution in [2.45, 2.75) is 11.3 Å². The van der Waals surface area contributed by atoms with E-state index in [0.29, 0.717) is 28.4 Å². The standard InChI is InChI=1S/C10H12ClNO2S/c11-9-3-2-7(15)6-8(9)10(14)12-4-1-5-13/h2-3,6,13,15H,1,4-5H2,(H,12,14). The van der Waals surface area contributed by atoms with Crippen LogP contribution in [0.4, 0.5) is 0 Å². The molecule has 3 nitrogen and oxygen atoms in total. The molecule has 1 amide bonds. The van der Waals surface area contributed by atoms with Crippen molar-refractivity contribution in [1.82, 2.24) is 5.32 Å². The van der Waals surface area contributed by atoms with Crippen LogP contribution in [0.25, 0.3) is 0 Å². The molecule has 0 aliphatic carbocycles. The van der Waals surface area contributed by atoms with Crippen LogP contribution < -0.4 is 5.32 Å². The summed E-state index contributed by atoms with van der Waals surface area (Å²) in [7, 11) is 0. The minimum atomic E-state index is -0.246. The van der Waals surface area contributed by atoms with Gasteiger partial charge in [0, 0.05) is 18.0 Å². The van der Waals surface area contributed by atoms with E-state index in [1.54, 1.807) is 18.2 Å². The molecule has 0 atom stereocenters. The summed E-state index contributed by atoms with van der Waals surface area (Å²) in [5.74, 6) is -0.246. The third kappa shape index (κ3) is 3.74. The molecular formula is C10H12ClNO2S. The molecule has 0 fully saturated rings. The van der Waals surface area contributed by atoms with Gasteiger partial charge < -0.3 is 10.4 Å². The van der Waals surface area contributed by atoms with Crippen LogP contribution in [0.15, 0.2) is 23.1 Å². The first-order chi connectivity index (χ1) is 7.15. The third-order valence-corrected chi connectivity index (χ3v) is 2.42. The van der Waals surface area contributed by atoms with E-state index in [-0.39, 0.29) is 12.5 Å². The maximum Gasteiger partial charge on any atom is 0.252 e. The summed E-state index contributed by atoms with van der Waals surface area (Å²) in [6.07, 6.45) is 0.532. The highest BCUT2D eigenvalue weighted by atomic mass is 35.5. The minimum absolute atomic E-state index is 0.0562. The summed E-state index contributed by atoms with van der Waals surface area (Å²) >= 11 is 9.99. The van der Waals surface area contributed by atoms with Gasteiger partial charge in [0.2, 0.25) is 0 Å². The van der Waals surface area contributed by atoms with Gasteiger partial charge in [0.25, 0.3) is 5.91 Å². The Balaban J connectivity index is 2.68. The lowest BCUT2D eigenvalue weighted by Gasteiger charge is -2.06. The summed E-state index contributed by atoms with van der Waals surface area (Å²) in [5, 5.41) is 11.6. The third-order valence-electron chi connectivity index (χ3n) is 1.82. The van der Waals surface area contributed by atoms with Crippen LogP contribution in [0.1, 0.15) is 16.8 Å². The summed E-state index contributed by atoms with van der Waals surface area (Å²) in [6.45, 7) is 0.489. The molecule has 15 heavy (non-hydrogen) atoms. The Hall–Kier alpha value is -0.710. The first-order valence-corrected chi connectivity index (χ1v) is 5.35. The second-order valence-electron chi connectivity index (χ2n) is 3.00. The van der Waals surface area contributed by atoms with Crippen molar-refractivity contribution >= 4 is 30.1 Å². The molecule has 1 aromatic rings. The van der Waals surface area contributed by atoms with Gasteiger partial charge >= 0.3 is 0 Å². The van der Waals surface area contributed by atoms with Crippen molar-refractivity contribution in [2.24, 2.45) is 0 Å². The van der Waals surface area contributed by atoms with E-state index in [0.717, 1.165) is 0 Å². The molecule has 2 N–H and O–H groups in total. The van der Waals surface area contributed by atoms with Crippen molar-refractivity contribution < 1.29 is 9.90 Å². The number of halogens is 1. The second kappa shape index (κ2) is 6.00. The maximum atomic E-state index is 11.6. The number of benzene rings is 1. The highest BCUT2D eigenvalue weighted by Gasteiger charge is 2.09. The van der Waals surface area contributed by atoms with E-state index in [1.165, 1.54) is 0 Å². The van der Waals surface area contributed by atoms with E-state index < -0.39 is 0 Å². The van der Waals surface area contributed by atoms with Gasteiger partial charge in [-0.15, -0.1) is 12.6 Å². The fourth-order valence-corrected chi connectivity index (χ4v) is 1.47. The average Bonchev–Trinajstić information content (AvgIpc) is 2.22. The van der Waals surface area contributed by atoms with Crippen LogP contribution in [-0.4, -0.2) is 24.2 Å². The van der Waals surface area contributed by atoms with Crippen LogP contribution in [0, 0.1) is 0 Å². The molecule has 0 aliphatic heterocycles. The number of aliphatic hydroxyl groups excluding tert-OH is 1. The lowest BCUT2D eigenvalue weighted by Crippen LogP contribution is -2.25. The predicted molar refractivity (Wildman–Crippen MR) is 62.7 cm³/mol. The smallest absolute Gasteiger partial charge is 0.252 e. The molecule has 0 unspecified atom stereocenters. The number of thiol groups is 1. The van der Waals surface area contributed by atoms with E-state index in [1.807, 2.05) is 0 Å².